The Morgan fingerprint density at radius 3 is 2.47 bits per heavy atom. The highest BCUT2D eigenvalue weighted by molar-refractivity contribution is 6.02. The molecule has 6 atom stereocenters. The van der Waals surface area contributed by atoms with Crippen LogP contribution in [0.25, 0.3) is 0 Å². The number of carbonyl (C=O) groups is 3. The summed E-state index contributed by atoms with van der Waals surface area (Å²) in [5.74, 6) is -2.47. The predicted octanol–water partition coefficient (Wildman–Crippen LogP) is 1.54. The van der Waals surface area contributed by atoms with Crippen LogP contribution in [0.5, 0.6) is 0 Å². The first-order valence-electron chi connectivity index (χ1n) is 11.2. The molecule has 1 aromatic carbocycles. The maximum atomic E-state index is 13.6. The quantitative estimate of drug-likeness (QED) is 0.640. The molecule has 3 unspecified atom stereocenters. The fraction of sp³-hybridized carbons (Fsp3) is 0.625. The third-order valence-electron chi connectivity index (χ3n) is 7.23. The van der Waals surface area contributed by atoms with Crippen LogP contribution in [0.2, 0.25) is 0 Å². The van der Waals surface area contributed by atoms with E-state index in [1.54, 1.807) is 12.1 Å². The number of ether oxygens (including phenoxy) is 1. The topological polar surface area (TPSA) is 108 Å². The van der Waals surface area contributed by atoms with Crippen molar-refractivity contribution in [3.63, 3.8) is 0 Å². The molecule has 3 heterocycles. The molecule has 1 aromatic rings. The van der Waals surface area contributed by atoms with E-state index in [0.717, 1.165) is 0 Å². The van der Waals surface area contributed by atoms with E-state index in [4.69, 9.17) is 4.74 Å². The number of rotatable bonds is 5. The van der Waals surface area contributed by atoms with Crippen molar-refractivity contribution >= 4 is 23.4 Å². The number of aliphatic hydroxyl groups is 1. The average Bonchev–Trinajstić information content (AvgIpc) is 3.19. The number of nitrogens with one attached hydrogen (secondary N) is 2. The van der Waals surface area contributed by atoms with Crippen LogP contribution in [-0.4, -0.2) is 63.7 Å². The van der Waals surface area contributed by atoms with Gasteiger partial charge in [0.2, 0.25) is 17.7 Å². The first kappa shape index (κ1) is 22.7. The van der Waals surface area contributed by atoms with E-state index in [1.807, 2.05) is 52.8 Å². The molecular weight excluding hydrogens is 410 g/mol. The molecule has 0 aliphatic carbocycles. The largest absolute Gasteiger partial charge is 0.395 e. The van der Waals surface area contributed by atoms with E-state index >= 15 is 0 Å². The lowest BCUT2D eigenvalue weighted by Gasteiger charge is -2.36. The van der Waals surface area contributed by atoms with Crippen molar-refractivity contribution in [2.24, 2.45) is 17.8 Å². The van der Waals surface area contributed by atoms with Crippen LogP contribution in [0.3, 0.4) is 0 Å². The Kier molecular flexibility index (Phi) is 5.37. The molecule has 0 saturated carbocycles. The SMILES string of the molecule is CC1CC23O[C@@]1(C)[C@H](C(=O)Nc1ccccc1)[C@H]2C(=O)N(CCO)C3C(=O)NC(C)(C)C. The zero-order valence-corrected chi connectivity index (χ0v) is 19.3. The summed E-state index contributed by atoms with van der Waals surface area (Å²) in [6, 6.07) is 8.21. The maximum Gasteiger partial charge on any atom is 0.246 e. The van der Waals surface area contributed by atoms with E-state index < -0.39 is 34.6 Å². The van der Waals surface area contributed by atoms with Gasteiger partial charge in [-0.05, 0) is 52.2 Å². The van der Waals surface area contributed by atoms with Gasteiger partial charge in [-0.2, -0.15) is 0 Å². The Morgan fingerprint density at radius 1 is 1.22 bits per heavy atom. The normalized spacial score (nSPS) is 35.7. The fourth-order valence-electron chi connectivity index (χ4n) is 5.97. The number of anilines is 1. The van der Waals surface area contributed by atoms with Gasteiger partial charge in [0.05, 0.1) is 24.0 Å². The minimum atomic E-state index is -1.10. The Hall–Kier alpha value is -2.45. The number of aliphatic hydroxyl groups excluding tert-OH is 1. The molecule has 4 rings (SSSR count). The molecule has 2 bridgehead atoms. The molecule has 3 aliphatic rings. The highest BCUT2D eigenvalue weighted by Crippen LogP contribution is 2.65. The number of likely N-dealkylation sites (tertiary alicyclic amines) is 1. The van der Waals surface area contributed by atoms with Crippen molar-refractivity contribution in [2.45, 2.75) is 63.8 Å². The number of carbonyl (C=O) groups excluding carboxylic acids is 3. The Bertz CT molecular complexity index is 929. The molecule has 32 heavy (non-hydrogen) atoms. The van der Waals surface area contributed by atoms with E-state index in [2.05, 4.69) is 10.6 Å². The molecule has 8 nitrogen and oxygen atoms in total. The van der Waals surface area contributed by atoms with Crippen LogP contribution in [0.4, 0.5) is 5.69 Å². The van der Waals surface area contributed by atoms with Gasteiger partial charge in [-0.25, -0.2) is 0 Å². The number of benzene rings is 1. The molecule has 3 saturated heterocycles. The lowest BCUT2D eigenvalue weighted by atomic mass is 9.62. The van der Waals surface area contributed by atoms with Gasteiger partial charge in [-0.15, -0.1) is 0 Å². The van der Waals surface area contributed by atoms with Gasteiger partial charge in [0.1, 0.15) is 11.6 Å². The molecule has 1 spiro atoms. The van der Waals surface area contributed by atoms with Gasteiger partial charge in [0, 0.05) is 17.8 Å². The van der Waals surface area contributed by atoms with Crippen molar-refractivity contribution in [3.05, 3.63) is 30.3 Å². The van der Waals surface area contributed by atoms with Crippen molar-refractivity contribution in [2.75, 3.05) is 18.5 Å². The minimum absolute atomic E-state index is 0.0147. The van der Waals surface area contributed by atoms with Crippen LogP contribution in [-0.2, 0) is 19.1 Å². The second-order valence-electron chi connectivity index (χ2n) is 10.6. The zero-order chi connectivity index (χ0) is 23.5. The average molecular weight is 444 g/mol. The molecule has 174 valence electrons. The molecule has 3 aliphatic heterocycles. The van der Waals surface area contributed by atoms with Gasteiger partial charge < -0.3 is 25.4 Å². The molecule has 8 heteroatoms. The highest BCUT2D eigenvalue weighted by Gasteiger charge is 2.79. The van der Waals surface area contributed by atoms with Crippen molar-refractivity contribution in [1.82, 2.24) is 10.2 Å². The number of fused-ring (bicyclic) bond motifs is 1. The standard InChI is InChI=1S/C24H33N3O5/c1-14-13-24-17(21(31)27(11-12-28)18(24)20(30)26-22(2,3)4)16(23(14,5)32-24)19(29)25-15-9-7-6-8-10-15/h6-10,14,16-18,28H,11-13H2,1-5H3,(H,25,29)(H,26,30)/t14?,16-,17-,18?,23+,24?/m0/s1. The summed E-state index contributed by atoms with van der Waals surface area (Å²) in [6.45, 7) is 9.25. The third kappa shape index (κ3) is 3.31. The fourth-order valence-corrected chi connectivity index (χ4v) is 5.97. The number of β-amino-alcohol motifs (C(OH)–C–C–N with tert-alkyl or cyclic N) is 1. The van der Waals surface area contributed by atoms with Gasteiger partial charge in [-0.1, -0.05) is 25.1 Å². The van der Waals surface area contributed by atoms with Gasteiger partial charge >= 0.3 is 0 Å². The summed E-state index contributed by atoms with van der Waals surface area (Å²) in [5.41, 5.74) is -1.83. The van der Waals surface area contributed by atoms with E-state index in [-0.39, 0.29) is 36.8 Å². The number of para-hydroxylation sites is 1. The first-order chi connectivity index (χ1) is 14.9. The maximum absolute atomic E-state index is 13.6. The minimum Gasteiger partial charge on any atom is -0.395 e. The molecule has 3 N–H and O–H groups in total. The van der Waals surface area contributed by atoms with Crippen molar-refractivity contribution < 1.29 is 24.2 Å². The van der Waals surface area contributed by atoms with Crippen molar-refractivity contribution in [3.8, 4) is 0 Å². The number of hydrogen-bond donors (Lipinski definition) is 3. The van der Waals surface area contributed by atoms with Crippen LogP contribution >= 0.6 is 0 Å². The van der Waals surface area contributed by atoms with Crippen LogP contribution in [0.1, 0.15) is 41.0 Å². The smallest absolute Gasteiger partial charge is 0.246 e. The van der Waals surface area contributed by atoms with Crippen LogP contribution in [0.15, 0.2) is 30.3 Å². The van der Waals surface area contributed by atoms with E-state index in [0.29, 0.717) is 12.1 Å². The molecule has 3 fully saturated rings. The van der Waals surface area contributed by atoms with Crippen LogP contribution in [0, 0.1) is 17.8 Å². The summed E-state index contributed by atoms with van der Waals surface area (Å²) in [6.07, 6.45) is 0.499. The predicted molar refractivity (Wildman–Crippen MR) is 119 cm³/mol. The summed E-state index contributed by atoms with van der Waals surface area (Å²) in [5, 5.41) is 15.5. The van der Waals surface area contributed by atoms with Gasteiger partial charge in [0.25, 0.3) is 0 Å². The van der Waals surface area contributed by atoms with Crippen LogP contribution < -0.4 is 10.6 Å². The lowest BCUT2D eigenvalue weighted by Crippen LogP contribution is -2.58. The number of nitrogens with zero attached hydrogens (tertiary/aromatic N) is 1. The Balaban J connectivity index is 1.75. The molecule has 3 amide bonds. The second kappa shape index (κ2) is 7.56. The molecular formula is C24H33N3O5. The summed E-state index contributed by atoms with van der Waals surface area (Å²) >= 11 is 0. The molecule has 0 radical (unpaired) electrons. The summed E-state index contributed by atoms with van der Waals surface area (Å²) < 4.78 is 6.58. The monoisotopic (exact) mass is 443 g/mol. The number of amides is 3. The highest BCUT2D eigenvalue weighted by atomic mass is 16.5. The van der Waals surface area contributed by atoms with E-state index in [1.165, 1.54) is 4.90 Å². The Labute approximate surface area is 188 Å². The first-order valence-corrected chi connectivity index (χ1v) is 11.2. The summed E-state index contributed by atoms with van der Waals surface area (Å²) in [4.78, 5) is 42.0. The zero-order valence-electron chi connectivity index (χ0n) is 19.3. The van der Waals surface area contributed by atoms with Gasteiger partial charge in [0.15, 0.2) is 0 Å². The Morgan fingerprint density at radius 2 is 1.88 bits per heavy atom. The number of hydrogen-bond acceptors (Lipinski definition) is 5. The molecule has 0 aromatic heterocycles. The van der Waals surface area contributed by atoms with E-state index in [9.17, 15) is 19.5 Å². The third-order valence-corrected chi connectivity index (χ3v) is 7.23. The van der Waals surface area contributed by atoms with Crippen molar-refractivity contribution in [1.29, 1.82) is 0 Å². The van der Waals surface area contributed by atoms with Gasteiger partial charge in [-0.3, -0.25) is 14.4 Å². The lowest BCUT2D eigenvalue weighted by molar-refractivity contribution is -0.147. The summed E-state index contributed by atoms with van der Waals surface area (Å²) in [7, 11) is 0. The second-order valence-corrected chi connectivity index (χ2v) is 10.6.